The fraction of sp³-hybridized carbons (Fsp3) is 0.368. The summed E-state index contributed by atoms with van der Waals surface area (Å²) in [6.07, 6.45) is -1.78. The van der Waals surface area contributed by atoms with Crippen LogP contribution in [0, 0.1) is 0 Å². The molecule has 154 valence electrons. The quantitative estimate of drug-likeness (QED) is 0.325. The molecule has 0 fully saturated rings. The van der Waals surface area contributed by atoms with Crippen molar-refractivity contribution in [3.05, 3.63) is 65.5 Å². The molecule has 2 N–H and O–H groups in total. The summed E-state index contributed by atoms with van der Waals surface area (Å²) in [5.41, 5.74) is 2.61. The van der Waals surface area contributed by atoms with Crippen LogP contribution in [0.25, 0.3) is 0 Å². The lowest BCUT2D eigenvalue weighted by molar-refractivity contribution is -0.176. The van der Waals surface area contributed by atoms with Gasteiger partial charge in [0.25, 0.3) is 0 Å². The van der Waals surface area contributed by atoms with E-state index < -0.39 is 12.8 Å². The molecule has 0 aliphatic rings. The summed E-state index contributed by atoms with van der Waals surface area (Å²) in [5.74, 6) is 0.643. The Hall–Kier alpha value is -1.88. The van der Waals surface area contributed by atoms with Crippen LogP contribution in [-0.2, 0) is 24.3 Å². The van der Waals surface area contributed by atoms with Gasteiger partial charge in [-0.15, -0.1) is 24.0 Å². The summed E-state index contributed by atoms with van der Waals surface area (Å²) in [6.45, 7) is -0.148. The van der Waals surface area contributed by atoms with Gasteiger partial charge in [0.05, 0.1) is 6.61 Å². The van der Waals surface area contributed by atoms with Crippen molar-refractivity contribution in [3.8, 4) is 0 Å². The van der Waals surface area contributed by atoms with E-state index >= 15 is 0 Å². The lowest BCUT2D eigenvalue weighted by atomic mass is 10.1. The Balaban J connectivity index is 0.00000392. The van der Waals surface area contributed by atoms with Gasteiger partial charge in [-0.3, -0.25) is 9.98 Å². The van der Waals surface area contributed by atoms with Crippen molar-refractivity contribution in [2.24, 2.45) is 4.99 Å². The average Bonchev–Trinajstić information content (AvgIpc) is 2.65. The molecular formula is C19H24F3IN4O. The molecule has 0 unspecified atom stereocenters. The number of hydrogen-bond acceptors (Lipinski definition) is 3. The first-order valence-corrected chi connectivity index (χ1v) is 8.53. The molecule has 1 heterocycles. The number of nitrogens with zero attached hydrogens (tertiary/aromatic N) is 2. The van der Waals surface area contributed by atoms with Crippen molar-refractivity contribution in [2.75, 3.05) is 20.2 Å². The number of pyridine rings is 1. The molecule has 0 radical (unpaired) electrons. The van der Waals surface area contributed by atoms with E-state index in [1.807, 2.05) is 30.3 Å². The number of halogens is 4. The minimum absolute atomic E-state index is 0. The van der Waals surface area contributed by atoms with E-state index in [0.29, 0.717) is 24.6 Å². The first-order valence-electron chi connectivity index (χ1n) is 8.53. The second kappa shape index (κ2) is 12.6. The Morgan fingerprint density at radius 1 is 1.11 bits per heavy atom. The number of hydrogen-bond donors (Lipinski definition) is 2. The van der Waals surface area contributed by atoms with Crippen molar-refractivity contribution in [1.82, 2.24) is 15.6 Å². The molecule has 0 amide bonds. The molecule has 28 heavy (non-hydrogen) atoms. The lowest BCUT2D eigenvalue weighted by Crippen LogP contribution is -2.37. The van der Waals surface area contributed by atoms with E-state index in [1.54, 1.807) is 25.4 Å². The van der Waals surface area contributed by atoms with E-state index in [2.05, 4.69) is 20.6 Å². The number of aromatic nitrogens is 1. The van der Waals surface area contributed by atoms with Crippen LogP contribution in [0.4, 0.5) is 13.2 Å². The minimum atomic E-state index is -4.31. The van der Waals surface area contributed by atoms with Crippen LogP contribution in [0.5, 0.6) is 0 Å². The Bertz CT molecular complexity index is 727. The van der Waals surface area contributed by atoms with Crippen molar-refractivity contribution in [2.45, 2.75) is 25.7 Å². The molecule has 2 rings (SSSR count). The first kappa shape index (κ1) is 24.2. The number of nitrogens with one attached hydrogen (secondary N) is 2. The highest BCUT2D eigenvalue weighted by Gasteiger charge is 2.27. The van der Waals surface area contributed by atoms with E-state index in [-0.39, 0.29) is 30.6 Å². The summed E-state index contributed by atoms with van der Waals surface area (Å²) >= 11 is 0. The maximum absolute atomic E-state index is 12.1. The van der Waals surface area contributed by atoms with E-state index in [9.17, 15) is 13.2 Å². The van der Waals surface area contributed by atoms with E-state index in [4.69, 9.17) is 4.74 Å². The van der Waals surface area contributed by atoms with Gasteiger partial charge < -0.3 is 15.4 Å². The predicted octanol–water partition coefficient (Wildman–Crippen LogP) is 3.69. The third kappa shape index (κ3) is 9.88. The van der Waals surface area contributed by atoms with Gasteiger partial charge in [0.15, 0.2) is 5.96 Å². The molecule has 0 aliphatic heterocycles. The largest absolute Gasteiger partial charge is 0.411 e. The Labute approximate surface area is 179 Å². The van der Waals surface area contributed by atoms with E-state index in [0.717, 1.165) is 17.7 Å². The summed E-state index contributed by atoms with van der Waals surface area (Å²) < 4.78 is 41.1. The van der Waals surface area contributed by atoms with Crippen molar-refractivity contribution in [1.29, 1.82) is 0 Å². The van der Waals surface area contributed by atoms with Gasteiger partial charge in [-0.05, 0) is 23.3 Å². The Morgan fingerprint density at radius 2 is 1.89 bits per heavy atom. The predicted molar refractivity (Wildman–Crippen MR) is 114 cm³/mol. The molecule has 0 aliphatic carbocycles. The zero-order valence-electron chi connectivity index (χ0n) is 15.5. The molecule has 5 nitrogen and oxygen atoms in total. The minimum Gasteiger partial charge on any atom is -0.367 e. The molecule has 0 saturated carbocycles. The summed E-state index contributed by atoms with van der Waals surface area (Å²) in [6, 6.07) is 13.0. The highest BCUT2D eigenvalue weighted by atomic mass is 127. The highest BCUT2D eigenvalue weighted by Crippen LogP contribution is 2.16. The van der Waals surface area contributed by atoms with Gasteiger partial charge in [0, 0.05) is 38.4 Å². The molecule has 0 saturated heterocycles. The molecule has 0 atom stereocenters. The standard InChI is InChI=1S/C19H23F3N4O.HI/c1-23-18(25-10-8-17-7-2-3-9-24-17)26-12-15-5-4-6-16(11-15)13-27-14-19(20,21)22;/h2-7,9,11H,8,10,12-14H2,1H3,(H2,23,25,26);1H. The second-order valence-corrected chi connectivity index (χ2v) is 5.85. The third-order valence-electron chi connectivity index (χ3n) is 3.61. The zero-order chi connectivity index (χ0) is 19.5. The molecule has 9 heteroatoms. The fourth-order valence-electron chi connectivity index (χ4n) is 2.38. The van der Waals surface area contributed by atoms with Crippen molar-refractivity contribution >= 4 is 29.9 Å². The van der Waals surface area contributed by atoms with Gasteiger partial charge in [0.2, 0.25) is 0 Å². The van der Waals surface area contributed by atoms with Crippen LogP contribution in [-0.4, -0.2) is 37.3 Å². The molecule has 0 spiro atoms. The summed E-state index contributed by atoms with van der Waals surface area (Å²) in [4.78, 5) is 8.42. The topological polar surface area (TPSA) is 58.5 Å². The fourth-order valence-corrected chi connectivity index (χ4v) is 2.38. The SMILES string of the molecule is CN=C(NCCc1ccccn1)NCc1cccc(COCC(F)(F)F)c1.I. The van der Waals surface area contributed by atoms with Crippen LogP contribution < -0.4 is 10.6 Å². The van der Waals surface area contributed by atoms with Crippen molar-refractivity contribution in [3.63, 3.8) is 0 Å². The number of rotatable bonds is 8. The van der Waals surface area contributed by atoms with E-state index in [1.165, 1.54) is 0 Å². The maximum atomic E-state index is 12.1. The smallest absolute Gasteiger partial charge is 0.367 e. The molecule has 1 aromatic carbocycles. The van der Waals surface area contributed by atoms with Gasteiger partial charge in [-0.25, -0.2) is 0 Å². The lowest BCUT2D eigenvalue weighted by Gasteiger charge is -2.13. The summed E-state index contributed by atoms with van der Waals surface area (Å²) in [5, 5.41) is 6.38. The number of ether oxygens (including phenoxy) is 1. The van der Waals surface area contributed by atoms with Crippen LogP contribution in [0.2, 0.25) is 0 Å². The Morgan fingerprint density at radius 3 is 2.57 bits per heavy atom. The van der Waals surface area contributed by atoms with Crippen molar-refractivity contribution < 1.29 is 17.9 Å². The number of guanidine groups is 1. The van der Waals surface area contributed by atoms with Gasteiger partial charge in [0.1, 0.15) is 6.61 Å². The molecule has 1 aromatic heterocycles. The molecule has 0 bridgehead atoms. The molecule has 2 aromatic rings. The zero-order valence-corrected chi connectivity index (χ0v) is 17.8. The van der Waals surface area contributed by atoms with Crippen LogP contribution in [0.15, 0.2) is 53.7 Å². The van der Waals surface area contributed by atoms with Gasteiger partial charge >= 0.3 is 6.18 Å². The maximum Gasteiger partial charge on any atom is 0.411 e. The van der Waals surface area contributed by atoms with Crippen LogP contribution >= 0.6 is 24.0 Å². The highest BCUT2D eigenvalue weighted by molar-refractivity contribution is 14.0. The van der Waals surface area contributed by atoms with Gasteiger partial charge in [-0.1, -0.05) is 30.3 Å². The monoisotopic (exact) mass is 508 g/mol. The second-order valence-electron chi connectivity index (χ2n) is 5.85. The normalized spacial score (nSPS) is 11.6. The van der Waals surface area contributed by atoms with Gasteiger partial charge in [-0.2, -0.15) is 13.2 Å². The average molecular weight is 508 g/mol. The van der Waals surface area contributed by atoms with Crippen LogP contribution in [0.1, 0.15) is 16.8 Å². The number of benzene rings is 1. The summed E-state index contributed by atoms with van der Waals surface area (Å²) in [7, 11) is 1.68. The Kier molecular flexibility index (Phi) is 10.8. The molecular weight excluding hydrogens is 484 g/mol. The van der Waals surface area contributed by atoms with Crippen LogP contribution in [0.3, 0.4) is 0 Å². The third-order valence-corrected chi connectivity index (χ3v) is 3.61. The number of aliphatic imine (C=N–C) groups is 1. The first-order chi connectivity index (χ1) is 13.0. The number of alkyl halides is 3.